The van der Waals surface area contributed by atoms with Crippen molar-refractivity contribution in [3.8, 4) is 0 Å². The lowest BCUT2D eigenvalue weighted by Crippen LogP contribution is -2.31. The number of carbonyl (C=O) groups excluding carboxylic acids is 2. The van der Waals surface area contributed by atoms with Gasteiger partial charge in [0.2, 0.25) is 0 Å². The summed E-state index contributed by atoms with van der Waals surface area (Å²) in [5.41, 5.74) is 2.84. The van der Waals surface area contributed by atoms with Crippen LogP contribution < -0.4 is 10.2 Å². The number of pyridine rings is 1. The van der Waals surface area contributed by atoms with Crippen molar-refractivity contribution in [2.24, 2.45) is 0 Å². The lowest BCUT2D eigenvalue weighted by molar-refractivity contribution is 0.0947. The average Bonchev–Trinajstić information content (AvgIpc) is 2.97. The molecule has 0 saturated heterocycles. The lowest BCUT2D eigenvalue weighted by atomic mass is 10.1. The minimum absolute atomic E-state index is 0.207. The Kier molecular flexibility index (Phi) is 6.44. The first kappa shape index (κ1) is 23.0. The third kappa shape index (κ3) is 4.73. The number of aromatic nitrogens is 1. The highest BCUT2D eigenvalue weighted by molar-refractivity contribution is 7.85. The van der Waals surface area contributed by atoms with Gasteiger partial charge in [0, 0.05) is 29.5 Å². The van der Waals surface area contributed by atoms with Crippen LogP contribution in [0.3, 0.4) is 0 Å². The standard InChI is InChI=1S/C27H20ClN3O3S/c28-21-7-3-5-18(13-21)17-31-23-14-20(26(32)30-16-19-6-4-12-29-15-19)10-11-25(23)35(34)24-9-2-1-8-22(24)27(31)33/h1-15H,16-17H2,(H,30,32)/t35-/m0/s1. The van der Waals surface area contributed by atoms with Crippen molar-refractivity contribution in [3.05, 3.63) is 119 Å². The van der Waals surface area contributed by atoms with Crippen LogP contribution in [0.25, 0.3) is 0 Å². The number of amides is 2. The second-order valence-corrected chi connectivity index (χ2v) is 9.87. The predicted octanol–water partition coefficient (Wildman–Crippen LogP) is 4.99. The number of hydrogen-bond acceptors (Lipinski definition) is 4. The van der Waals surface area contributed by atoms with Gasteiger partial charge in [0.15, 0.2) is 0 Å². The number of benzene rings is 3. The molecule has 0 saturated carbocycles. The summed E-state index contributed by atoms with van der Waals surface area (Å²) >= 11 is 6.18. The van der Waals surface area contributed by atoms with Gasteiger partial charge in [-0.2, -0.15) is 0 Å². The van der Waals surface area contributed by atoms with Crippen LogP contribution in [0, 0.1) is 0 Å². The molecule has 2 amide bonds. The van der Waals surface area contributed by atoms with Crippen molar-refractivity contribution in [1.29, 1.82) is 0 Å². The molecule has 5 rings (SSSR count). The number of nitrogens with zero attached hydrogens (tertiary/aromatic N) is 2. The maximum Gasteiger partial charge on any atom is 0.259 e. The predicted molar refractivity (Wildman–Crippen MR) is 135 cm³/mol. The van der Waals surface area contributed by atoms with E-state index in [1.807, 2.05) is 18.2 Å². The number of anilines is 1. The topological polar surface area (TPSA) is 79.4 Å². The van der Waals surface area contributed by atoms with Crippen LogP contribution in [-0.4, -0.2) is 21.0 Å². The maximum absolute atomic E-state index is 13.7. The van der Waals surface area contributed by atoms with Crippen molar-refractivity contribution in [3.63, 3.8) is 0 Å². The molecule has 3 aromatic carbocycles. The molecule has 0 spiro atoms. The Morgan fingerprint density at radius 1 is 0.943 bits per heavy atom. The van der Waals surface area contributed by atoms with Gasteiger partial charge in [0.1, 0.15) is 0 Å². The first-order valence-electron chi connectivity index (χ1n) is 10.9. The van der Waals surface area contributed by atoms with Crippen LogP contribution in [0.15, 0.2) is 101 Å². The lowest BCUT2D eigenvalue weighted by Gasteiger charge is -2.23. The average molecular weight is 502 g/mol. The second kappa shape index (κ2) is 9.82. The minimum Gasteiger partial charge on any atom is -0.348 e. The Balaban J connectivity index is 1.55. The van der Waals surface area contributed by atoms with Gasteiger partial charge in [-0.3, -0.25) is 14.6 Å². The van der Waals surface area contributed by atoms with Crippen molar-refractivity contribution in [2.75, 3.05) is 4.90 Å². The van der Waals surface area contributed by atoms with E-state index in [1.165, 1.54) is 0 Å². The summed E-state index contributed by atoms with van der Waals surface area (Å²) in [4.78, 5) is 33.2. The molecular formula is C27H20ClN3O3S. The molecule has 1 aromatic heterocycles. The quantitative estimate of drug-likeness (QED) is 0.417. The van der Waals surface area contributed by atoms with Gasteiger partial charge in [-0.15, -0.1) is 0 Å². The Morgan fingerprint density at radius 3 is 2.57 bits per heavy atom. The van der Waals surface area contributed by atoms with E-state index < -0.39 is 10.8 Å². The van der Waals surface area contributed by atoms with E-state index in [2.05, 4.69) is 10.3 Å². The largest absolute Gasteiger partial charge is 0.348 e. The fourth-order valence-corrected chi connectivity index (χ4v) is 5.52. The van der Waals surface area contributed by atoms with Gasteiger partial charge in [0.05, 0.1) is 38.4 Å². The van der Waals surface area contributed by atoms with Gasteiger partial charge in [-0.25, -0.2) is 4.21 Å². The first-order chi connectivity index (χ1) is 17.0. The number of halogens is 1. The molecule has 1 aliphatic heterocycles. The van der Waals surface area contributed by atoms with Gasteiger partial charge in [0.25, 0.3) is 11.8 Å². The van der Waals surface area contributed by atoms with E-state index in [0.29, 0.717) is 38.2 Å². The third-order valence-corrected chi connectivity index (χ3v) is 7.41. The van der Waals surface area contributed by atoms with E-state index >= 15 is 0 Å². The number of hydrogen-bond donors (Lipinski definition) is 1. The van der Waals surface area contributed by atoms with Crippen LogP contribution in [0.5, 0.6) is 0 Å². The molecule has 174 valence electrons. The summed E-state index contributed by atoms with van der Waals surface area (Å²) in [5.74, 6) is -0.597. The van der Waals surface area contributed by atoms with Crippen LogP contribution in [0.2, 0.25) is 5.02 Å². The summed E-state index contributed by atoms with van der Waals surface area (Å²) in [6, 6.07) is 22.7. The van der Waals surface area contributed by atoms with Gasteiger partial charge in [-0.1, -0.05) is 41.9 Å². The molecule has 35 heavy (non-hydrogen) atoms. The molecule has 0 fully saturated rings. The van der Waals surface area contributed by atoms with Crippen LogP contribution in [-0.2, 0) is 23.9 Å². The smallest absolute Gasteiger partial charge is 0.259 e. The van der Waals surface area contributed by atoms with Crippen LogP contribution in [0.1, 0.15) is 31.8 Å². The van der Waals surface area contributed by atoms with Gasteiger partial charge in [-0.05, 0) is 59.7 Å². The minimum atomic E-state index is -1.59. The van der Waals surface area contributed by atoms with Gasteiger partial charge < -0.3 is 10.2 Å². The highest BCUT2D eigenvalue weighted by Crippen LogP contribution is 2.36. The highest BCUT2D eigenvalue weighted by atomic mass is 35.5. The molecule has 0 bridgehead atoms. The highest BCUT2D eigenvalue weighted by Gasteiger charge is 2.31. The molecule has 0 aliphatic carbocycles. The monoisotopic (exact) mass is 501 g/mol. The Hall–Kier alpha value is -3.81. The molecular weight excluding hydrogens is 482 g/mol. The molecule has 8 heteroatoms. The maximum atomic E-state index is 13.7. The fourth-order valence-electron chi connectivity index (χ4n) is 3.97. The molecule has 1 atom stereocenters. The Bertz CT molecular complexity index is 1460. The number of carbonyl (C=O) groups is 2. The van der Waals surface area contributed by atoms with E-state index in [4.69, 9.17) is 11.6 Å². The Labute approximate surface area is 210 Å². The molecule has 2 heterocycles. The number of nitrogens with one attached hydrogen (secondary N) is 1. The third-order valence-electron chi connectivity index (χ3n) is 5.68. The van der Waals surface area contributed by atoms with Crippen molar-refractivity contribution in [1.82, 2.24) is 10.3 Å². The van der Waals surface area contributed by atoms with Crippen molar-refractivity contribution < 1.29 is 13.8 Å². The summed E-state index contributed by atoms with van der Waals surface area (Å²) in [7, 11) is -1.59. The number of rotatable bonds is 5. The molecule has 6 nitrogen and oxygen atoms in total. The summed E-state index contributed by atoms with van der Waals surface area (Å²) in [6.07, 6.45) is 3.35. The van der Waals surface area contributed by atoms with Crippen molar-refractivity contribution in [2.45, 2.75) is 22.9 Å². The zero-order valence-corrected chi connectivity index (χ0v) is 20.1. The zero-order valence-electron chi connectivity index (χ0n) is 18.5. The molecule has 0 radical (unpaired) electrons. The molecule has 4 aromatic rings. The number of fused-ring (bicyclic) bond motifs is 2. The molecule has 0 unspecified atom stereocenters. The van der Waals surface area contributed by atoms with E-state index in [-0.39, 0.29) is 18.4 Å². The fraction of sp³-hybridized carbons (Fsp3) is 0.0741. The van der Waals surface area contributed by atoms with Crippen LogP contribution >= 0.6 is 11.6 Å². The van der Waals surface area contributed by atoms with E-state index in [0.717, 1.165) is 11.1 Å². The van der Waals surface area contributed by atoms with Crippen LogP contribution in [0.4, 0.5) is 5.69 Å². The van der Waals surface area contributed by atoms with E-state index in [1.54, 1.807) is 78.0 Å². The summed E-state index contributed by atoms with van der Waals surface area (Å²) in [6.45, 7) is 0.519. The van der Waals surface area contributed by atoms with Gasteiger partial charge >= 0.3 is 0 Å². The summed E-state index contributed by atoms with van der Waals surface area (Å²) in [5, 5.41) is 3.43. The normalized spacial score (nSPS) is 14.6. The first-order valence-corrected chi connectivity index (χ1v) is 12.4. The zero-order chi connectivity index (χ0) is 24.4. The molecule has 1 N–H and O–H groups in total. The Morgan fingerprint density at radius 2 is 1.77 bits per heavy atom. The SMILES string of the molecule is O=C(NCc1cccnc1)c1ccc2c(c1)N(Cc1cccc(Cl)c1)C(=O)c1ccccc1[S@@]2=O. The molecule has 1 aliphatic rings. The van der Waals surface area contributed by atoms with E-state index in [9.17, 15) is 13.8 Å². The summed E-state index contributed by atoms with van der Waals surface area (Å²) < 4.78 is 13.5. The second-order valence-electron chi connectivity index (χ2n) is 8.01. The van der Waals surface area contributed by atoms with Crippen molar-refractivity contribution >= 4 is 39.9 Å².